The summed E-state index contributed by atoms with van der Waals surface area (Å²) in [5.41, 5.74) is 10.1. The van der Waals surface area contributed by atoms with Crippen molar-refractivity contribution in [1.29, 1.82) is 0 Å². The van der Waals surface area contributed by atoms with E-state index in [0.717, 1.165) is 44.3 Å². The first kappa shape index (κ1) is 27.7. The fraction of sp³-hybridized carbons (Fsp3) is 0.750. The number of nitrogens with one attached hydrogen (secondary N) is 1. The molecule has 188 valence electrons. The second kappa shape index (κ2) is 16.9. The van der Waals surface area contributed by atoms with Crippen LogP contribution in [0.15, 0.2) is 30.3 Å². The predicted molar refractivity (Wildman–Crippen MR) is 139 cm³/mol. The first-order chi connectivity index (χ1) is 16.1. The van der Waals surface area contributed by atoms with Gasteiger partial charge in [0.2, 0.25) is 0 Å². The number of hydrogen-bond donors (Lipinski definition) is 3. The predicted octanol–water partition coefficient (Wildman–Crippen LogP) is 6.10. The lowest BCUT2D eigenvalue weighted by Crippen LogP contribution is -2.53. The fourth-order valence-corrected chi connectivity index (χ4v) is 4.95. The third-order valence-corrected chi connectivity index (χ3v) is 7.05. The minimum atomic E-state index is -1.18. The minimum absolute atomic E-state index is 0.394. The van der Waals surface area contributed by atoms with Crippen LogP contribution in [0.4, 0.5) is 5.69 Å². The van der Waals surface area contributed by atoms with Gasteiger partial charge < -0.3 is 10.8 Å². The van der Waals surface area contributed by atoms with Gasteiger partial charge in [-0.15, -0.1) is 0 Å². The number of hydrogen-bond acceptors (Lipinski definition) is 4. The van der Waals surface area contributed by atoms with Crippen LogP contribution >= 0.6 is 0 Å². The number of nitrogens with two attached hydrogens (primary N) is 1. The summed E-state index contributed by atoms with van der Waals surface area (Å²) in [6.07, 6.45) is 18.4. The van der Waals surface area contributed by atoms with Gasteiger partial charge in [-0.05, 0) is 30.9 Å². The molecular formula is C28H49N3O2. The van der Waals surface area contributed by atoms with Crippen LogP contribution in [0, 0.1) is 5.92 Å². The molecule has 5 nitrogen and oxygen atoms in total. The normalized spacial score (nSPS) is 16.3. The minimum Gasteiger partial charge on any atom is -0.382 e. The van der Waals surface area contributed by atoms with Gasteiger partial charge in [-0.3, -0.25) is 15.2 Å². The molecule has 2 rings (SSSR count). The van der Waals surface area contributed by atoms with Crippen LogP contribution in [0.2, 0.25) is 0 Å². The number of amides is 1. The molecule has 1 aromatic rings. The van der Waals surface area contributed by atoms with Crippen molar-refractivity contribution in [2.45, 2.75) is 122 Å². The highest BCUT2D eigenvalue weighted by Crippen LogP contribution is 2.27. The topological polar surface area (TPSA) is 78.6 Å². The van der Waals surface area contributed by atoms with E-state index in [0.29, 0.717) is 5.92 Å². The zero-order chi connectivity index (χ0) is 23.7. The Bertz CT molecular complexity index is 619. The Morgan fingerprint density at radius 3 is 2.15 bits per heavy atom. The summed E-state index contributed by atoms with van der Waals surface area (Å²) in [4.78, 5) is 12.8. The van der Waals surface area contributed by atoms with E-state index in [1.165, 1.54) is 70.6 Å². The van der Waals surface area contributed by atoms with Crippen LogP contribution in [-0.4, -0.2) is 29.7 Å². The molecule has 1 aliphatic carbocycles. The Morgan fingerprint density at radius 1 is 0.970 bits per heavy atom. The number of para-hydroxylation sites is 1. The fourth-order valence-electron chi connectivity index (χ4n) is 4.95. The standard InChI is InChI=1S/C28H49N3O2/c1-2-3-4-5-6-7-8-9-10-17-22-31(25-20-15-12-16-21-25)30-28(33)27(32)26(29)23-24-18-13-11-14-19-24/h12,15-16,20-21,24,26-27,32H,2-11,13-14,17-19,22-23,29H2,1H3,(H,30,33). The maximum Gasteiger partial charge on any atom is 0.268 e. The molecule has 1 saturated carbocycles. The quantitative estimate of drug-likeness (QED) is 0.194. The van der Waals surface area contributed by atoms with Gasteiger partial charge in [-0.1, -0.05) is 115 Å². The van der Waals surface area contributed by atoms with Gasteiger partial charge in [0.15, 0.2) is 0 Å². The van der Waals surface area contributed by atoms with Gasteiger partial charge in [0.25, 0.3) is 5.91 Å². The monoisotopic (exact) mass is 459 g/mol. The maximum atomic E-state index is 12.8. The Labute approximate surface area is 202 Å². The van der Waals surface area contributed by atoms with Gasteiger partial charge >= 0.3 is 0 Å². The van der Waals surface area contributed by atoms with E-state index in [-0.39, 0.29) is 0 Å². The highest BCUT2D eigenvalue weighted by Gasteiger charge is 2.27. The Morgan fingerprint density at radius 2 is 1.55 bits per heavy atom. The van der Waals surface area contributed by atoms with Crippen LogP contribution in [0.3, 0.4) is 0 Å². The van der Waals surface area contributed by atoms with Crippen molar-refractivity contribution in [3.8, 4) is 0 Å². The molecule has 2 atom stereocenters. The Balaban J connectivity index is 1.74. The van der Waals surface area contributed by atoms with Gasteiger partial charge in [0.05, 0.1) is 5.69 Å². The molecule has 0 saturated heterocycles. The van der Waals surface area contributed by atoms with Crippen LogP contribution in [0.5, 0.6) is 0 Å². The van der Waals surface area contributed by atoms with E-state index >= 15 is 0 Å². The second-order valence-corrected chi connectivity index (χ2v) is 9.99. The van der Waals surface area contributed by atoms with Gasteiger partial charge in [0, 0.05) is 12.6 Å². The van der Waals surface area contributed by atoms with Crippen molar-refractivity contribution in [2.24, 2.45) is 11.7 Å². The number of nitrogens with zero attached hydrogens (tertiary/aromatic N) is 1. The molecule has 1 aliphatic rings. The summed E-state index contributed by atoms with van der Waals surface area (Å²) >= 11 is 0. The maximum absolute atomic E-state index is 12.8. The van der Waals surface area contributed by atoms with E-state index in [1.54, 1.807) is 0 Å². The molecule has 0 aliphatic heterocycles. The number of anilines is 1. The van der Waals surface area contributed by atoms with Crippen molar-refractivity contribution in [3.63, 3.8) is 0 Å². The summed E-state index contributed by atoms with van der Waals surface area (Å²) in [7, 11) is 0. The smallest absolute Gasteiger partial charge is 0.268 e. The Kier molecular flexibility index (Phi) is 14.2. The number of aliphatic hydroxyl groups is 1. The molecule has 1 fully saturated rings. The highest BCUT2D eigenvalue weighted by atomic mass is 16.3. The lowest BCUT2D eigenvalue weighted by Gasteiger charge is -2.30. The highest BCUT2D eigenvalue weighted by molar-refractivity contribution is 5.82. The van der Waals surface area contributed by atoms with Crippen molar-refractivity contribution in [2.75, 3.05) is 11.6 Å². The molecule has 0 heterocycles. The van der Waals surface area contributed by atoms with E-state index in [4.69, 9.17) is 5.73 Å². The SMILES string of the molecule is CCCCCCCCCCCCN(NC(=O)C(O)C(N)CC1CCCCC1)c1ccccc1. The van der Waals surface area contributed by atoms with E-state index in [1.807, 2.05) is 35.3 Å². The number of hydrazine groups is 1. The number of benzene rings is 1. The number of rotatable bonds is 17. The molecule has 5 heteroatoms. The lowest BCUT2D eigenvalue weighted by molar-refractivity contribution is -0.130. The summed E-state index contributed by atoms with van der Waals surface area (Å²) in [5.74, 6) is 0.141. The zero-order valence-electron chi connectivity index (χ0n) is 21.0. The largest absolute Gasteiger partial charge is 0.382 e. The van der Waals surface area contributed by atoms with Crippen LogP contribution in [0.25, 0.3) is 0 Å². The summed E-state index contributed by atoms with van der Waals surface area (Å²) in [6.45, 7) is 2.99. The molecule has 0 radical (unpaired) electrons. The number of carbonyl (C=O) groups excluding carboxylic acids is 1. The average Bonchev–Trinajstić information content (AvgIpc) is 2.85. The lowest BCUT2D eigenvalue weighted by atomic mass is 9.84. The Hall–Kier alpha value is -1.59. The van der Waals surface area contributed by atoms with Crippen LogP contribution in [-0.2, 0) is 4.79 Å². The molecular weight excluding hydrogens is 410 g/mol. The van der Waals surface area contributed by atoms with Crippen LogP contribution in [0.1, 0.15) is 110 Å². The van der Waals surface area contributed by atoms with Crippen molar-refractivity contribution >= 4 is 11.6 Å². The molecule has 4 N–H and O–H groups in total. The third kappa shape index (κ3) is 11.4. The van der Waals surface area contributed by atoms with E-state index < -0.39 is 18.1 Å². The van der Waals surface area contributed by atoms with E-state index in [2.05, 4.69) is 12.3 Å². The first-order valence-corrected chi connectivity index (χ1v) is 13.7. The first-order valence-electron chi connectivity index (χ1n) is 13.7. The molecule has 1 aromatic carbocycles. The molecule has 33 heavy (non-hydrogen) atoms. The molecule has 0 aromatic heterocycles. The zero-order valence-corrected chi connectivity index (χ0v) is 21.0. The second-order valence-electron chi connectivity index (χ2n) is 9.99. The molecule has 2 unspecified atom stereocenters. The van der Waals surface area contributed by atoms with Crippen molar-refractivity contribution in [1.82, 2.24) is 5.43 Å². The van der Waals surface area contributed by atoms with Gasteiger partial charge in [-0.2, -0.15) is 0 Å². The summed E-state index contributed by atoms with van der Waals surface area (Å²) < 4.78 is 0. The van der Waals surface area contributed by atoms with Gasteiger partial charge in [-0.25, -0.2) is 0 Å². The third-order valence-electron chi connectivity index (χ3n) is 7.05. The number of carbonyl (C=O) groups is 1. The van der Waals surface area contributed by atoms with Crippen LogP contribution < -0.4 is 16.2 Å². The average molecular weight is 460 g/mol. The molecule has 0 bridgehead atoms. The molecule has 0 spiro atoms. The molecule has 1 amide bonds. The number of aliphatic hydroxyl groups excluding tert-OH is 1. The van der Waals surface area contributed by atoms with Gasteiger partial charge in [0.1, 0.15) is 6.10 Å². The number of unbranched alkanes of at least 4 members (excludes halogenated alkanes) is 9. The van der Waals surface area contributed by atoms with Crippen molar-refractivity contribution in [3.05, 3.63) is 30.3 Å². The van der Waals surface area contributed by atoms with E-state index in [9.17, 15) is 9.90 Å². The summed E-state index contributed by atoms with van der Waals surface area (Å²) in [5, 5.41) is 12.5. The van der Waals surface area contributed by atoms with Crippen molar-refractivity contribution < 1.29 is 9.90 Å². The summed E-state index contributed by atoms with van der Waals surface area (Å²) in [6, 6.07) is 9.38.